The molecule has 26 heavy (non-hydrogen) atoms. The molecule has 1 saturated heterocycles. The fourth-order valence-electron chi connectivity index (χ4n) is 3.30. The van der Waals surface area contributed by atoms with Gasteiger partial charge >= 0.3 is 0 Å². The smallest absolute Gasteiger partial charge is 0.275 e. The number of aromatic nitrogens is 3. The lowest BCUT2D eigenvalue weighted by molar-refractivity contribution is 0.0503. The quantitative estimate of drug-likeness (QED) is 0.709. The maximum Gasteiger partial charge on any atom is 0.275 e. The Kier molecular flexibility index (Phi) is 4.84. The SMILES string of the molecule is O=C(c1nncc2ccccc12)N(Cc1ccncc1)CC1CCCO1. The van der Waals surface area contributed by atoms with Gasteiger partial charge in [0.05, 0.1) is 12.3 Å². The molecule has 4 rings (SSSR count). The van der Waals surface area contributed by atoms with E-state index in [0.717, 1.165) is 35.8 Å². The monoisotopic (exact) mass is 348 g/mol. The van der Waals surface area contributed by atoms with Crippen LogP contribution in [0.2, 0.25) is 0 Å². The number of carbonyl (C=O) groups excluding carboxylic acids is 1. The normalized spacial score (nSPS) is 16.7. The minimum absolute atomic E-state index is 0.0729. The number of hydrogen-bond acceptors (Lipinski definition) is 5. The lowest BCUT2D eigenvalue weighted by atomic mass is 10.1. The van der Waals surface area contributed by atoms with Gasteiger partial charge in [-0.2, -0.15) is 5.10 Å². The molecule has 1 unspecified atom stereocenters. The van der Waals surface area contributed by atoms with E-state index in [1.807, 2.05) is 41.3 Å². The molecule has 6 heteroatoms. The summed E-state index contributed by atoms with van der Waals surface area (Å²) in [6.45, 7) is 1.80. The average Bonchev–Trinajstić information content (AvgIpc) is 3.20. The first-order chi connectivity index (χ1) is 12.8. The van der Waals surface area contributed by atoms with Crippen LogP contribution in [-0.2, 0) is 11.3 Å². The van der Waals surface area contributed by atoms with Crippen molar-refractivity contribution in [2.45, 2.75) is 25.5 Å². The summed E-state index contributed by atoms with van der Waals surface area (Å²) in [5.74, 6) is -0.124. The highest BCUT2D eigenvalue weighted by Gasteiger charge is 2.25. The maximum absolute atomic E-state index is 13.3. The van der Waals surface area contributed by atoms with Gasteiger partial charge in [-0.25, -0.2) is 0 Å². The standard InChI is InChI=1S/C20H20N4O2/c25-20(19-18-6-2-1-4-16(18)12-22-23-19)24(14-17-5-3-11-26-17)13-15-7-9-21-10-8-15/h1-2,4,6-10,12,17H,3,5,11,13-14H2. The zero-order valence-corrected chi connectivity index (χ0v) is 14.4. The van der Waals surface area contributed by atoms with E-state index in [0.29, 0.717) is 18.8 Å². The largest absolute Gasteiger partial charge is 0.376 e. The minimum Gasteiger partial charge on any atom is -0.376 e. The average molecular weight is 348 g/mol. The van der Waals surface area contributed by atoms with Crippen LogP contribution < -0.4 is 0 Å². The Morgan fingerprint density at radius 3 is 2.85 bits per heavy atom. The molecule has 0 bridgehead atoms. The number of carbonyl (C=O) groups is 1. The summed E-state index contributed by atoms with van der Waals surface area (Å²) < 4.78 is 5.75. The van der Waals surface area contributed by atoms with Gasteiger partial charge in [-0.15, -0.1) is 5.10 Å². The van der Waals surface area contributed by atoms with Gasteiger partial charge in [0.15, 0.2) is 5.69 Å². The highest BCUT2D eigenvalue weighted by Crippen LogP contribution is 2.20. The Labute approximate surface area is 151 Å². The van der Waals surface area contributed by atoms with Crippen molar-refractivity contribution in [1.29, 1.82) is 0 Å². The molecule has 1 fully saturated rings. The van der Waals surface area contributed by atoms with E-state index in [9.17, 15) is 4.79 Å². The Morgan fingerprint density at radius 2 is 2.04 bits per heavy atom. The summed E-state index contributed by atoms with van der Waals surface area (Å²) in [6, 6.07) is 11.5. The van der Waals surface area contributed by atoms with Gasteiger partial charge in [-0.1, -0.05) is 24.3 Å². The second kappa shape index (κ2) is 7.58. The third-order valence-electron chi connectivity index (χ3n) is 4.63. The Morgan fingerprint density at radius 1 is 1.19 bits per heavy atom. The van der Waals surface area contributed by atoms with Crippen molar-refractivity contribution in [2.24, 2.45) is 0 Å². The van der Waals surface area contributed by atoms with Crippen LogP contribution in [0.15, 0.2) is 55.0 Å². The number of benzene rings is 1. The molecule has 1 amide bonds. The van der Waals surface area contributed by atoms with Crippen LogP contribution in [0.3, 0.4) is 0 Å². The van der Waals surface area contributed by atoms with Gasteiger partial charge in [0.2, 0.25) is 0 Å². The Hall–Kier alpha value is -2.86. The van der Waals surface area contributed by atoms with E-state index in [2.05, 4.69) is 15.2 Å². The molecule has 3 aromatic rings. The minimum atomic E-state index is -0.124. The van der Waals surface area contributed by atoms with E-state index in [-0.39, 0.29) is 12.0 Å². The van der Waals surface area contributed by atoms with Gasteiger partial charge in [-0.05, 0) is 30.5 Å². The van der Waals surface area contributed by atoms with Crippen LogP contribution in [0.4, 0.5) is 0 Å². The van der Waals surface area contributed by atoms with Crippen LogP contribution in [0, 0.1) is 0 Å². The highest BCUT2D eigenvalue weighted by molar-refractivity contribution is 6.04. The van der Waals surface area contributed by atoms with Gasteiger partial charge in [0.25, 0.3) is 5.91 Å². The lowest BCUT2D eigenvalue weighted by Gasteiger charge is -2.25. The molecule has 1 atom stereocenters. The van der Waals surface area contributed by atoms with Crippen molar-refractivity contribution in [3.05, 3.63) is 66.2 Å². The molecule has 0 N–H and O–H groups in total. The van der Waals surface area contributed by atoms with Crippen molar-refractivity contribution in [2.75, 3.05) is 13.2 Å². The Balaban J connectivity index is 1.66. The van der Waals surface area contributed by atoms with Crippen molar-refractivity contribution < 1.29 is 9.53 Å². The van der Waals surface area contributed by atoms with Crippen LogP contribution in [0.5, 0.6) is 0 Å². The van der Waals surface area contributed by atoms with Crippen molar-refractivity contribution in [3.8, 4) is 0 Å². The second-order valence-electron chi connectivity index (χ2n) is 6.46. The molecule has 1 aliphatic heterocycles. The first-order valence-corrected chi connectivity index (χ1v) is 8.81. The lowest BCUT2D eigenvalue weighted by Crippen LogP contribution is -2.37. The number of ether oxygens (including phenoxy) is 1. The fraction of sp³-hybridized carbons (Fsp3) is 0.300. The summed E-state index contributed by atoms with van der Waals surface area (Å²) in [6.07, 6.45) is 7.24. The number of amides is 1. The molecule has 0 spiro atoms. The number of pyridine rings is 1. The van der Waals surface area contributed by atoms with Gasteiger partial charge < -0.3 is 9.64 Å². The van der Waals surface area contributed by atoms with E-state index in [4.69, 9.17) is 4.74 Å². The maximum atomic E-state index is 13.3. The molecule has 0 saturated carbocycles. The van der Waals surface area contributed by atoms with Crippen LogP contribution in [-0.4, -0.2) is 45.2 Å². The molecule has 1 aromatic carbocycles. The van der Waals surface area contributed by atoms with E-state index < -0.39 is 0 Å². The van der Waals surface area contributed by atoms with Crippen LogP contribution in [0.1, 0.15) is 28.9 Å². The zero-order valence-electron chi connectivity index (χ0n) is 14.4. The highest BCUT2D eigenvalue weighted by atomic mass is 16.5. The molecule has 1 aliphatic rings. The van der Waals surface area contributed by atoms with Crippen molar-refractivity contribution in [3.63, 3.8) is 0 Å². The fourth-order valence-corrected chi connectivity index (χ4v) is 3.30. The molecule has 0 radical (unpaired) electrons. The summed E-state index contributed by atoms with van der Waals surface area (Å²) in [5.41, 5.74) is 1.41. The molecule has 6 nitrogen and oxygen atoms in total. The zero-order chi connectivity index (χ0) is 17.8. The summed E-state index contributed by atoms with van der Waals surface area (Å²) in [5, 5.41) is 9.89. The number of nitrogens with zero attached hydrogens (tertiary/aromatic N) is 4. The van der Waals surface area contributed by atoms with Crippen LogP contribution >= 0.6 is 0 Å². The molecule has 132 valence electrons. The third-order valence-corrected chi connectivity index (χ3v) is 4.63. The molecule has 3 heterocycles. The third kappa shape index (κ3) is 3.55. The topological polar surface area (TPSA) is 68.2 Å². The molecule has 0 aliphatic carbocycles. The summed E-state index contributed by atoms with van der Waals surface area (Å²) >= 11 is 0. The predicted octanol–water partition coefficient (Wildman–Crippen LogP) is 2.85. The van der Waals surface area contributed by atoms with E-state index in [1.165, 1.54) is 0 Å². The van der Waals surface area contributed by atoms with Crippen molar-refractivity contribution in [1.82, 2.24) is 20.1 Å². The summed E-state index contributed by atoms with van der Waals surface area (Å²) in [7, 11) is 0. The molecular formula is C20H20N4O2. The second-order valence-corrected chi connectivity index (χ2v) is 6.46. The van der Waals surface area contributed by atoms with Gasteiger partial charge in [-0.3, -0.25) is 9.78 Å². The number of fused-ring (bicyclic) bond motifs is 1. The number of rotatable bonds is 5. The summed E-state index contributed by atoms with van der Waals surface area (Å²) in [4.78, 5) is 19.2. The molecular weight excluding hydrogens is 328 g/mol. The number of hydrogen-bond donors (Lipinski definition) is 0. The first-order valence-electron chi connectivity index (χ1n) is 8.81. The van der Waals surface area contributed by atoms with Gasteiger partial charge in [0, 0.05) is 42.9 Å². The van der Waals surface area contributed by atoms with E-state index >= 15 is 0 Å². The van der Waals surface area contributed by atoms with Gasteiger partial charge in [0.1, 0.15) is 0 Å². The predicted molar refractivity (Wildman–Crippen MR) is 97.5 cm³/mol. The molecule has 2 aromatic heterocycles. The first kappa shape index (κ1) is 16.6. The van der Waals surface area contributed by atoms with E-state index in [1.54, 1.807) is 18.6 Å². The Bertz CT molecular complexity index is 889. The van der Waals surface area contributed by atoms with Crippen molar-refractivity contribution >= 4 is 16.7 Å². The van der Waals surface area contributed by atoms with Crippen LogP contribution in [0.25, 0.3) is 10.8 Å².